The number of hydrogen-bond donors (Lipinski definition) is 0. The van der Waals surface area contributed by atoms with Crippen LogP contribution in [0.4, 0.5) is 0 Å². The SMILES string of the molecule is CCC(=O)c1ccc(C(=O)OC)c(P(c2ccccc2)c2ccccc2)c1. The number of Topliss-reactive ketones (excluding diaryl/α,β-unsaturated/α-hetero) is 1. The number of methoxy groups -OCH3 is 1. The van der Waals surface area contributed by atoms with E-state index in [9.17, 15) is 9.59 Å². The highest BCUT2D eigenvalue weighted by molar-refractivity contribution is 7.80. The Kier molecular flexibility index (Phi) is 6.16. The van der Waals surface area contributed by atoms with E-state index < -0.39 is 7.92 Å². The Morgan fingerprint density at radius 1 is 0.852 bits per heavy atom. The largest absolute Gasteiger partial charge is 0.465 e. The highest BCUT2D eigenvalue weighted by Gasteiger charge is 2.24. The summed E-state index contributed by atoms with van der Waals surface area (Å²) in [5.41, 5.74) is 1.13. The van der Waals surface area contributed by atoms with Crippen molar-refractivity contribution in [2.75, 3.05) is 7.11 Å². The van der Waals surface area contributed by atoms with Crippen molar-refractivity contribution in [1.82, 2.24) is 0 Å². The fourth-order valence-corrected chi connectivity index (χ4v) is 5.43. The second kappa shape index (κ2) is 8.75. The molecule has 0 saturated carbocycles. The zero-order chi connectivity index (χ0) is 19.2. The van der Waals surface area contributed by atoms with Crippen molar-refractivity contribution < 1.29 is 14.3 Å². The molecular formula is C23H21O3P. The molecule has 0 fully saturated rings. The molecule has 0 aliphatic rings. The Hall–Kier alpha value is -2.77. The first kappa shape index (κ1) is 19.0. The lowest BCUT2D eigenvalue weighted by Gasteiger charge is -2.22. The van der Waals surface area contributed by atoms with E-state index in [2.05, 4.69) is 24.3 Å². The maximum Gasteiger partial charge on any atom is 0.338 e. The Labute approximate surface area is 160 Å². The lowest BCUT2D eigenvalue weighted by atomic mass is 10.1. The Morgan fingerprint density at radius 3 is 1.89 bits per heavy atom. The first-order valence-electron chi connectivity index (χ1n) is 8.81. The number of ketones is 1. The number of carbonyl (C=O) groups excluding carboxylic acids is 2. The molecule has 0 saturated heterocycles. The van der Waals surface area contributed by atoms with Crippen molar-refractivity contribution in [3.8, 4) is 0 Å². The third-order valence-electron chi connectivity index (χ3n) is 4.32. The average molecular weight is 376 g/mol. The normalized spacial score (nSPS) is 10.6. The monoisotopic (exact) mass is 376 g/mol. The van der Waals surface area contributed by atoms with Crippen LogP contribution in [-0.2, 0) is 4.74 Å². The van der Waals surface area contributed by atoms with Crippen LogP contribution in [0.3, 0.4) is 0 Å². The summed E-state index contributed by atoms with van der Waals surface area (Å²) < 4.78 is 5.01. The first-order chi connectivity index (χ1) is 13.2. The lowest BCUT2D eigenvalue weighted by Crippen LogP contribution is -2.26. The van der Waals surface area contributed by atoms with E-state index >= 15 is 0 Å². The summed E-state index contributed by atoms with van der Waals surface area (Å²) in [5, 5.41) is 3.07. The Balaban J connectivity index is 2.27. The third-order valence-corrected chi connectivity index (χ3v) is 6.80. The Morgan fingerprint density at radius 2 is 1.41 bits per heavy atom. The molecule has 0 heterocycles. The van der Waals surface area contributed by atoms with Crippen molar-refractivity contribution in [1.29, 1.82) is 0 Å². The van der Waals surface area contributed by atoms with Crippen LogP contribution in [0, 0.1) is 0 Å². The van der Waals surface area contributed by atoms with Crippen LogP contribution in [0.15, 0.2) is 78.9 Å². The predicted molar refractivity (Wildman–Crippen MR) is 111 cm³/mol. The molecule has 0 spiro atoms. The molecular weight excluding hydrogens is 355 g/mol. The quantitative estimate of drug-likeness (QED) is 0.373. The van der Waals surface area contributed by atoms with Gasteiger partial charge in [0.15, 0.2) is 5.78 Å². The van der Waals surface area contributed by atoms with E-state index in [4.69, 9.17) is 4.74 Å². The van der Waals surface area contributed by atoms with Gasteiger partial charge in [-0.1, -0.05) is 73.7 Å². The first-order valence-corrected chi connectivity index (χ1v) is 10.2. The summed E-state index contributed by atoms with van der Waals surface area (Å²) >= 11 is 0. The van der Waals surface area contributed by atoms with Gasteiger partial charge in [-0.3, -0.25) is 4.79 Å². The Bertz CT molecular complexity index is 897. The average Bonchev–Trinajstić information content (AvgIpc) is 2.74. The second-order valence-electron chi connectivity index (χ2n) is 6.01. The minimum Gasteiger partial charge on any atom is -0.465 e. The molecule has 0 aromatic heterocycles. The molecule has 0 aliphatic heterocycles. The minimum atomic E-state index is -1.00. The summed E-state index contributed by atoms with van der Waals surface area (Å²) in [6, 6.07) is 25.5. The molecule has 0 bridgehead atoms. The number of esters is 1. The van der Waals surface area contributed by atoms with Crippen molar-refractivity contribution in [2.45, 2.75) is 13.3 Å². The summed E-state index contributed by atoms with van der Waals surface area (Å²) in [7, 11) is 0.375. The van der Waals surface area contributed by atoms with Crippen LogP contribution in [-0.4, -0.2) is 18.9 Å². The fourth-order valence-electron chi connectivity index (χ4n) is 2.96. The predicted octanol–water partition coefficient (Wildman–Crippen LogP) is 3.82. The van der Waals surface area contributed by atoms with E-state index in [1.807, 2.05) is 49.4 Å². The number of ether oxygens (including phenoxy) is 1. The van der Waals surface area contributed by atoms with E-state index in [1.165, 1.54) is 7.11 Å². The molecule has 0 unspecified atom stereocenters. The summed E-state index contributed by atoms with van der Waals surface area (Å²) in [6.45, 7) is 1.84. The minimum absolute atomic E-state index is 0.0590. The van der Waals surface area contributed by atoms with Crippen LogP contribution >= 0.6 is 7.92 Å². The molecule has 3 aromatic carbocycles. The molecule has 4 heteroatoms. The van der Waals surface area contributed by atoms with Gasteiger partial charge in [-0.15, -0.1) is 0 Å². The van der Waals surface area contributed by atoms with Crippen molar-refractivity contribution >= 4 is 35.6 Å². The van der Waals surface area contributed by atoms with Crippen LogP contribution in [0.1, 0.15) is 34.1 Å². The highest BCUT2D eigenvalue weighted by Crippen LogP contribution is 2.34. The number of rotatable bonds is 6. The van der Waals surface area contributed by atoms with Crippen LogP contribution in [0.5, 0.6) is 0 Å². The van der Waals surface area contributed by atoms with Crippen molar-refractivity contribution in [3.05, 3.63) is 90.0 Å². The van der Waals surface area contributed by atoms with Gasteiger partial charge in [-0.2, -0.15) is 0 Å². The van der Waals surface area contributed by atoms with Gasteiger partial charge in [0.1, 0.15) is 0 Å². The number of carbonyl (C=O) groups is 2. The maximum atomic E-state index is 12.5. The van der Waals surface area contributed by atoms with Gasteiger partial charge in [-0.05, 0) is 30.7 Å². The molecule has 0 N–H and O–H groups in total. The molecule has 3 nitrogen and oxygen atoms in total. The highest BCUT2D eigenvalue weighted by atomic mass is 31.1. The molecule has 0 radical (unpaired) electrons. The smallest absolute Gasteiger partial charge is 0.338 e. The van der Waals surface area contributed by atoms with Gasteiger partial charge in [0.25, 0.3) is 0 Å². The van der Waals surface area contributed by atoms with Crippen molar-refractivity contribution in [3.63, 3.8) is 0 Å². The van der Waals surface area contributed by atoms with Gasteiger partial charge < -0.3 is 4.74 Å². The van der Waals surface area contributed by atoms with Gasteiger partial charge in [0.2, 0.25) is 0 Å². The molecule has 0 amide bonds. The topological polar surface area (TPSA) is 43.4 Å². The van der Waals surface area contributed by atoms with E-state index in [0.29, 0.717) is 17.5 Å². The summed E-state index contributed by atoms with van der Waals surface area (Å²) in [5.74, 6) is -0.330. The van der Waals surface area contributed by atoms with E-state index in [0.717, 1.165) is 15.9 Å². The fraction of sp³-hybridized carbons (Fsp3) is 0.130. The zero-order valence-corrected chi connectivity index (χ0v) is 16.3. The maximum absolute atomic E-state index is 12.5. The van der Waals surface area contributed by atoms with E-state index in [-0.39, 0.29) is 11.8 Å². The van der Waals surface area contributed by atoms with Gasteiger partial charge in [0.05, 0.1) is 12.7 Å². The zero-order valence-electron chi connectivity index (χ0n) is 15.4. The molecule has 3 rings (SSSR count). The van der Waals surface area contributed by atoms with Gasteiger partial charge in [0, 0.05) is 17.3 Å². The third kappa shape index (κ3) is 4.15. The molecule has 0 atom stereocenters. The molecule has 136 valence electrons. The van der Waals surface area contributed by atoms with Crippen molar-refractivity contribution in [2.24, 2.45) is 0 Å². The number of benzene rings is 3. The van der Waals surface area contributed by atoms with Crippen LogP contribution in [0.2, 0.25) is 0 Å². The molecule has 27 heavy (non-hydrogen) atoms. The summed E-state index contributed by atoms with van der Waals surface area (Å²) in [4.78, 5) is 24.8. The standard InChI is InChI=1S/C23H21O3P/c1-3-21(24)17-14-15-20(23(25)26-2)22(16-17)27(18-10-6-4-7-11-18)19-12-8-5-9-13-19/h4-16H,3H2,1-2H3. The number of hydrogen-bond acceptors (Lipinski definition) is 3. The van der Waals surface area contributed by atoms with Gasteiger partial charge >= 0.3 is 5.97 Å². The summed E-state index contributed by atoms with van der Waals surface area (Å²) in [6.07, 6.45) is 0.422. The molecule has 0 aliphatic carbocycles. The van der Waals surface area contributed by atoms with Crippen LogP contribution in [0.25, 0.3) is 0 Å². The second-order valence-corrected chi connectivity index (χ2v) is 8.19. The van der Waals surface area contributed by atoms with E-state index in [1.54, 1.807) is 12.1 Å². The van der Waals surface area contributed by atoms with Crippen LogP contribution < -0.4 is 15.9 Å². The molecule has 3 aromatic rings. The lowest BCUT2D eigenvalue weighted by molar-refractivity contribution is 0.0602. The van der Waals surface area contributed by atoms with Gasteiger partial charge in [-0.25, -0.2) is 4.79 Å².